The molecular formula is C7H13NO4S. The topological polar surface area (TPSA) is 72.5 Å². The number of esters is 1. The number of rotatable bonds is 2. The minimum Gasteiger partial charge on any atom is -0.465 e. The lowest BCUT2D eigenvalue weighted by atomic mass is 10.1. The Bertz CT molecular complexity index is 310. The predicted octanol–water partition coefficient (Wildman–Crippen LogP) is -0.369. The molecule has 1 atom stereocenters. The summed E-state index contributed by atoms with van der Waals surface area (Å²) in [4.78, 5) is 11.3. The van der Waals surface area contributed by atoms with E-state index in [2.05, 4.69) is 4.72 Å². The Balaban J connectivity index is 2.94. The van der Waals surface area contributed by atoms with Crippen molar-refractivity contribution in [2.45, 2.75) is 25.0 Å². The van der Waals surface area contributed by atoms with Gasteiger partial charge in [0.25, 0.3) is 0 Å². The van der Waals surface area contributed by atoms with Gasteiger partial charge in [-0.3, -0.25) is 4.79 Å². The number of nitrogens with one attached hydrogen (secondary N) is 1. The van der Waals surface area contributed by atoms with E-state index >= 15 is 0 Å². The van der Waals surface area contributed by atoms with Crippen LogP contribution < -0.4 is 4.72 Å². The van der Waals surface area contributed by atoms with Gasteiger partial charge in [0, 0.05) is 6.54 Å². The predicted molar refractivity (Wildman–Crippen MR) is 46.6 cm³/mol. The van der Waals surface area contributed by atoms with Gasteiger partial charge >= 0.3 is 5.97 Å². The van der Waals surface area contributed by atoms with E-state index in [0.717, 1.165) is 0 Å². The van der Waals surface area contributed by atoms with Gasteiger partial charge < -0.3 is 4.74 Å². The van der Waals surface area contributed by atoms with Gasteiger partial charge in [-0.05, 0) is 20.3 Å². The Morgan fingerprint density at radius 2 is 2.23 bits per heavy atom. The molecule has 1 heterocycles. The summed E-state index contributed by atoms with van der Waals surface area (Å²) in [5, 5.41) is 0. The van der Waals surface area contributed by atoms with Crippen LogP contribution in [0.1, 0.15) is 20.3 Å². The molecule has 0 aromatic rings. The van der Waals surface area contributed by atoms with Crippen molar-refractivity contribution < 1.29 is 17.9 Å². The molecule has 0 aromatic heterocycles. The van der Waals surface area contributed by atoms with Gasteiger partial charge in [0.1, 0.15) is 0 Å². The van der Waals surface area contributed by atoms with Crippen LogP contribution >= 0.6 is 0 Å². The molecule has 5 nitrogen and oxygen atoms in total. The van der Waals surface area contributed by atoms with Crippen LogP contribution in [0.15, 0.2) is 0 Å². The van der Waals surface area contributed by atoms with Gasteiger partial charge in [-0.25, -0.2) is 13.1 Å². The third-order valence-electron chi connectivity index (χ3n) is 2.19. The van der Waals surface area contributed by atoms with E-state index in [4.69, 9.17) is 4.74 Å². The van der Waals surface area contributed by atoms with E-state index in [1.54, 1.807) is 6.92 Å². The molecule has 1 aliphatic rings. The number of carbonyl (C=O) groups is 1. The molecule has 1 rings (SSSR count). The molecule has 1 saturated heterocycles. The summed E-state index contributed by atoms with van der Waals surface area (Å²) in [6.07, 6.45) is 0.272. The molecule has 1 unspecified atom stereocenters. The molecule has 0 aromatic carbocycles. The number of sulfonamides is 1. The quantitative estimate of drug-likeness (QED) is 0.627. The fraction of sp³-hybridized carbons (Fsp3) is 0.857. The van der Waals surface area contributed by atoms with Crippen LogP contribution in [0, 0.1) is 0 Å². The molecule has 0 aliphatic carbocycles. The largest absolute Gasteiger partial charge is 0.465 e. The number of hydrogen-bond donors (Lipinski definition) is 1. The third kappa shape index (κ3) is 1.55. The first kappa shape index (κ1) is 10.5. The van der Waals surface area contributed by atoms with Gasteiger partial charge in [0.15, 0.2) is 4.75 Å². The van der Waals surface area contributed by atoms with Crippen molar-refractivity contribution in [3.05, 3.63) is 0 Å². The summed E-state index contributed by atoms with van der Waals surface area (Å²) in [7, 11) is -3.53. The van der Waals surface area contributed by atoms with Gasteiger partial charge in [0.05, 0.1) is 6.61 Å². The van der Waals surface area contributed by atoms with Crippen molar-refractivity contribution in [2.24, 2.45) is 0 Å². The monoisotopic (exact) mass is 207 g/mol. The Kier molecular flexibility index (Phi) is 2.63. The van der Waals surface area contributed by atoms with Crippen LogP contribution in [0.5, 0.6) is 0 Å². The molecule has 0 bridgehead atoms. The second kappa shape index (κ2) is 3.26. The van der Waals surface area contributed by atoms with Crippen LogP contribution in [0.3, 0.4) is 0 Å². The summed E-state index contributed by atoms with van der Waals surface area (Å²) in [5.41, 5.74) is 0. The summed E-state index contributed by atoms with van der Waals surface area (Å²) < 4.78 is 28.4. The van der Waals surface area contributed by atoms with Crippen LogP contribution in [0.4, 0.5) is 0 Å². The molecule has 0 radical (unpaired) electrons. The standard InChI is InChI=1S/C7H13NO4S/c1-3-12-6(9)7(2)4-5-8-13(7,10)11/h8H,3-5H2,1-2H3. The molecule has 76 valence electrons. The molecule has 0 amide bonds. The lowest BCUT2D eigenvalue weighted by molar-refractivity contribution is -0.145. The molecule has 1 fully saturated rings. The molecule has 0 spiro atoms. The SMILES string of the molecule is CCOC(=O)C1(C)CCNS1(=O)=O. The second-order valence-corrected chi connectivity index (χ2v) is 5.30. The van der Waals surface area contributed by atoms with E-state index in [-0.39, 0.29) is 13.0 Å². The average Bonchev–Trinajstić information content (AvgIpc) is 2.28. The summed E-state index contributed by atoms with van der Waals surface area (Å²) in [6.45, 7) is 3.54. The van der Waals surface area contributed by atoms with Crippen molar-refractivity contribution in [3.8, 4) is 0 Å². The highest BCUT2D eigenvalue weighted by Gasteiger charge is 2.51. The van der Waals surface area contributed by atoms with Gasteiger partial charge in [-0.2, -0.15) is 0 Å². The molecule has 1 N–H and O–H groups in total. The van der Waals surface area contributed by atoms with Crippen molar-refractivity contribution in [1.82, 2.24) is 4.72 Å². The zero-order valence-electron chi connectivity index (χ0n) is 7.66. The van der Waals surface area contributed by atoms with Crippen LogP contribution in [-0.2, 0) is 19.6 Å². The first-order valence-electron chi connectivity index (χ1n) is 4.10. The van der Waals surface area contributed by atoms with Crippen molar-refractivity contribution in [3.63, 3.8) is 0 Å². The molecule has 1 aliphatic heterocycles. The maximum atomic E-state index is 11.4. The minimum atomic E-state index is -3.53. The highest BCUT2D eigenvalue weighted by atomic mass is 32.2. The fourth-order valence-electron chi connectivity index (χ4n) is 1.21. The maximum absolute atomic E-state index is 11.4. The smallest absolute Gasteiger partial charge is 0.328 e. The number of hydrogen-bond acceptors (Lipinski definition) is 4. The summed E-state index contributed by atoms with van der Waals surface area (Å²) in [6, 6.07) is 0. The normalized spacial score (nSPS) is 31.5. The van der Waals surface area contributed by atoms with Crippen molar-refractivity contribution in [1.29, 1.82) is 0 Å². The van der Waals surface area contributed by atoms with Crippen LogP contribution in [-0.4, -0.2) is 32.3 Å². The average molecular weight is 207 g/mol. The van der Waals surface area contributed by atoms with E-state index < -0.39 is 20.7 Å². The zero-order chi connectivity index (χ0) is 10.1. The molecular weight excluding hydrogens is 194 g/mol. The Morgan fingerprint density at radius 3 is 2.62 bits per heavy atom. The van der Waals surface area contributed by atoms with E-state index in [1.807, 2.05) is 0 Å². The second-order valence-electron chi connectivity index (χ2n) is 3.10. The lowest BCUT2D eigenvalue weighted by Crippen LogP contribution is -2.43. The molecule has 13 heavy (non-hydrogen) atoms. The summed E-state index contributed by atoms with van der Waals surface area (Å²) >= 11 is 0. The molecule has 6 heteroatoms. The first-order chi connectivity index (χ1) is 5.94. The van der Waals surface area contributed by atoms with E-state index in [0.29, 0.717) is 6.54 Å². The first-order valence-corrected chi connectivity index (χ1v) is 5.59. The minimum absolute atomic E-state index is 0.198. The Morgan fingerprint density at radius 1 is 1.62 bits per heavy atom. The van der Waals surface area contributed by atoms with Gasteiger partial charge in [-0.1, -0.05) is 0 Å². The van der Waals surface area contributed by atoms with Crippen LogP contribution in [0.25, 0.3) is 0 Å². The van der Waals surface area contributed by atoms with Crippen molar-refractivity contribution in [2.75, 3.05) is 13.2 Å². The van der Waals surface area contributed by atoms with Gasteiger partial charge in [0.2, 0.25) is 10.0 Å². The maximum Gasteiger partial charge on any atom is 0.328 e. The lowest BCUT2D eigenvalue weighted by Gasteiger charge is -2.18. The van der Waals surface area contributed by atoms with Gasteiger partial charge in [-0.15, -0.1) is 0 Å². The highest BCUT2D eigenvalue weighted by Crippen LogP contribution is 2.26. The molecule has 0 saturated carbocycles. The highest BCUT2D eigenvalue weighted by molar-refractivity contribution is 7.92. The Hall–Kier alpha value is -0.620. The van der Waals surface area contributed by atoms with E-state index in [9.17, 15) is 13.2 Å². The third-order valence-corrected chi connectivity index (χ3v) is 4.34. The van der Waals surface area contributed by atoms with Crippen molar-refractivity contribution >= 4 is 16.0 Å². The van der Waals surface area contributed by atoms with Crippen LogP contribution in [0.2, 0.25) is 0 Å². The summed E-state index contributed by atoms with van der Waals surface area (Å²) in [5.74, 6) is -0.667. The zero-order valence-corrected chi connectivity index (χ0v) is 8.48. The fourth-order valence-corrected chi connectivity index (χ4v) is 2.55. The Labute approximate surface area is 77.5 Å². The van der Waals surface area contributed by atoms with E-state index in [1.165, 1.54) is 6.92 Å². The number of carbonyl (C=O) groups excluding carboxylic acids is 1. The number of ether oxygens (including phenoxy) is 1.